The topological polar surface area (TPSA) is 94.8 Å². The summed E-state index contributed by atoms with van der Waals surface area (Å²) < 4.78 is 13.3. The summed E-state index contributed by atoms with van der Waals surface area (Å²) in [5.41, 5.74) is 0.157. The van der Waals surface area contributed by atoms with Crippen LogP contribution in [0.4, 0.5) is 10.1 Å². The first-order chi connectivity index (χ1) is 12.0. The minimum Gasteiger partial charge on any atom is -0.325 e. The highest BCUT2D eigenvalue weighted by molar-refractivity contribution is 6.03. The summed E-state index contributed by atoms with van der Waals surface area (Å²) in [7, 11) is 0. The molecule has 3 aromatic rings. The van der Waals surface area contributed by atoms with Crippen LogP contribution in [0.15, 0.2) is 52.1 Å². The SMILES string of the molecule is O=C(Nc1cccc2c(=O)[nH][nH]c(=O)c12)[C@H]1C[C@@H]1c1cccc(F)c1. The molecule has 2 atom stereocenters. The second kappa shape index (κ2) is 5.70. The third-order valence-corrected chi connectivity index (χ3v) is 4.49. The van der Waals surface area contributed by atoms with Crippen LogP contribution in [-0.2, 0) is 4.79 Å². The number of benzene rings is 2. The monoisotopic (exact) mass is 339 g/mol. The van der Waals surface area contributed by atoms with Crippen molar-refractivity contribution in [3.63, 3.8) is 0 Å². The van der Waals surface area contributed by atoms with Gasteiger partial charge in [-0.1, -0.05) is 18.2 Å². The maximum Gasteiger partial charge on any atom is 0.272 e. The minimum absolute atomic E-state index is 0.0348. The van der Waals surface area contributed by atoms with Gasteiger partial charge in [-0.05, 0) is 42.2 Å². The van der Waals surface area contributed by atoms with Gasteiger partial charge in [-0.3, -0.25) is 24.6 Å². The maximum atomic E-state index is 13.3. The van der Waals surface area contributed by atoms with Crippen LogP contribution in [0.1, 0.15) is 17.9 Å². The second-order valence-corrected chi connectivity index (χ2v) is 6.13. The molecule has 1 aliphatic carbocycles. The summed E-state index contributed by atoms with van der Waals surface area (Å²) in [4.78, 5) is 36.3. The zero-order valence-corrected chi connectivity index (χ0v) is 13.0. The Morgan fingerprint density at radius 3 is 2.64 bits per heavy atom. The lowest BCUT2D eigenvalue weighted by atomic mass is 10.1. The van der Waals surface area contributed by atoms with Gasteiger partial charge in [0, 0.05) is 5.92 Å². The average molecular weight is 339 g/mol. The largest absolute Gasteiger partial charge is 0.325 e. The number of hydrogen-bond acceptors (Lipinski definition) is 3. The van der Waals surface area contributed by atoms with Crippen LogP contribution in [0.3, 0.4) is 0 Å². The number of rotatable bonds is 3. The van der Waals surface area contributed by atoms with Crippen molar-refractivity contribution in [2.45, 2.75) is 12.3 Å². The van der Waals surface area contributed by atoms with Crippen molar-refractivity contribution in [1.29, 1.82) is 0 Å². The van der Waals surface area contributed by atoms with E-state index in [0.717, 1.165) is 5.56 Å². The molecular formula is C18H14FN3O3. The summed E-state index contributed by atoms with van der Waals surface area (Å²) >= 11 is 0. The Balaban J connectivity index is 1.61. The fourth-order valence-electron chi connectivity index (χ4n) is 3.15. The van der Waals surface area contributed by atoms with Crippen LogP contribution in [0.5, 0.6) is 0 Å². The van der Waals surface area contributed by atoms with E-state index < -0.39 is 11.1 Å². The number of nitrogens with one attached hydrogen (secondary N) is 3. The molecule has 2 aromatic carbocycles. The first-order valence-corrected chi connectivity index (χ1v) is 7.84. The fraction of sp³-hybridized carbons (Fsp3) is 0.167. The standard InChI is InChI=1S/C18H14FN3O3/c19-10-4-1-3-9(7-10)12-8-13(12)16(23)20-14-6-2-5-11-15(14)18(25)22-21-17(11)24/h1-7,12-13H,8H2,(H,20,23)(H,21,24)(H,22,25)/t12-,13+/m1/s1. The van der Waals surface area contributed by atoms with E-state index in [-0.39, 0.29) is 34.3 Å². The van der Waals surface area contributed by atoms with Crippen LogP contribution in [0, 0.1) is 11.7 Å². The summed E-state index contributed by atoms with van der Waals surface area (Å²) in [6.07, 6.45) is 0.622. The molecule has 1 fully saturated rings. The molecule has 1 aliphatic rings. The van der Waals surface area contributed by atoms with Crippen LogP contribution in [-0.4, -0.2) is 16.1 Å². The summed E-state index contributed by atoms with van der Waals surface area (Å²) in [6, 6.07) is 10.9. The maximum absolute atomic E-state index is 13.3. The Bertz CT molecular complexity index is 1100. The van der Waals surface area contributed by atoms with Gasteiger partial charge in [0.2, 0.25) is 5.91 Å². The third-order valence-electron chi connectivity index (χ3n) is 4.49. The summed E-state index contributed by atoms with van der Waals surface area (Å²) in [6.45, 7) is 0. The molecule has 4 rings (SSSR count). The number of anilines is 1. The van der Waals surface area contributed by atoms with Crippen molar-refractivity contribution in [1.82, 2.24) is 10.2 Å². The van der Waals surface area contributed by atoms with Crippen molar-refractivity contribution in [3.05, 3.63) is 74.6 Å². The molecule has 7 heteroatoms. The van der Waals surface area contributed by atoms with Gasteiger partial charge in [0.05, 0.1) is 16.5 Å². The number of hydrogen-bond donors (Lipinski definition) is 3. The third kappa shape index (κ3) is 2.73. The zero-order chi connectivity index (χ0) is 17.6. The molecule has 1 saturated carbocycles. The number of amides is 1. The van der Waals surface area contributed by atoms with E-state index >= 15 is 0 Å². The van der Waals surface area contributed by atoms with Gasteiger partial charge in [-0.15, -0.1) is 0 Å². The van der Waals surface area contributed by atoms with Crippen LogP contribution in [0.25, 0.3) is 10.8 Å². The van der Waals surface area contributed by atoms with Crippen molar-refractivity contribution in [2.75, 3.05) is 5.32 Å². The molecule has 0 unspecified atom stereocenters. The quantitative estimate of drug-likeness (QED) is 0.682. The van der Waals surface area contributed by atoms with E-state index in [2.05, 4.69) is 15.5 Å². The number of aromatic nitrogens is 2. The van der Waals surface area contributed by atoms with Gasteiger partial charge < -0.3 is 5.32 Å². The normalized spacial score (nSPS) is 18.9. The number of carbonyl (C=O) groups excluding carboxylic acids is 1. The van der Waals surface area contributed by atoms with Crippen molar-refractivity contribution in [2.24, 2.45) is 5.92 Å². The molecule has 3 N–H and O–H groups in total. The smallest absolute Gasteiger partial charge is 0.272 e. The van der Waals surface area contributed by atoms with Gasteiger partial charge in [0.1, 0.15) is 5.82 Å². The molecule has 0 aliphatic heterocycles. The van der Waals surface area contributed by atoms with E-state index in [0.29, 0.717) is 12.1 Å². The Morgan fingerprint density at radius 2 is 1.84 bits per heavy atom. The average Bonchev–Trinajstić information content (AvgIpc) is 3.39. The van der Waals surface area contributed by atoms with Crippen LogP contribution >= 0.6 is 0 Å². The minimum atomic E-state index is -0.483. The lowest BCUT2D eigenvalue weighted by Crippen LogP contribution is -2.22. The van der Waals surface area contributed by atoms with E-state index in [1.54, 1.807) is 24.3 Å². The van der Waals surface area contributed by atoms with Crippen molar-refractivity contribution >= 4 is 22.4 Å². The van der Waals surface area contributed by atoms with Crippen molar-refractivity contribution in [3.8, 4) is 0 Å². The van der Waals surface area contributed by atoms with Crippen LogP contribution in [0.2, 0.25) is 0 Å². The van der Waals surface area contributed by atoms with Gasteiger partial charge in [0.25, 0.3) is 11.1 Å². The first-order valence-electron chi connectivity index (χ1n) is 7.84. The Kier molecular flexibility index (Phi) is 3.49. The summed E-state index contributed by atoms with van der Waals surface area (Å²) in [5.74, 6) is -0.893. The molecule has 1 heterocycles. The van der Waals surface area contributed by atoms with Gasteiger partial charge in [-0.2, -0.15) is 0 Å². The lowest BCUT2D eigenvalue weighted by molar-refractivity contribution is -0.117. The summed E-state index contributed by atoms with van der Waals surface area (Å²) in [5, 5.41) is 7.58. The van der Waals surface area contributed by atoms with Crippen LogP contribution < -0.4 is 16.4 Å². The predicted molar refractivity (Wildman–Crippen MR) is 91.1 cm³/mol. The van der Waals surface area contributed by atoms with Gasteiger partial charge in [-0.25, -0.2) is 4.39 Å². The number of H-pyrrole nitrogens is 2. The Labute approximate surface area is 140 Å². The molecule has 1 amide bonds. The predicted octanol–water partition coefficient (Wildman–Crippen LogP) is 2.10. The molecule has 126 valence electrons. The molecule has 0 bridgehead atoms. The number of aromatic amines is 2. The van der Waals surface area contributed by atoms with Gasteiger partial charge in [0.15, 0.2) is 0 Å². The highest BCUT2D eigenvalue weighted by Crippen LogP contribution is 2.48. The molecule has 6 nitrogen and oxygen atoms in total. The van der Waals surface area contributed by atoms with Gasteiger partial charge >= 0.3 is 0 Å². The molecule has 25 heavy (non-hydrogen) atoms. The van der Waals surface area contributed by atoms with E-state index in [9.17, 15) is 18.8 Å². The van der Waals surface area contributed by atoms with Crippen molar-refractivity contribution < 1.29 is 9.18 Å². The second-order valence-electron chi connectivity index (χ2n) is 6.13. The highest BCUT2D eigenvalue weighted by Gasteiger charge is 2.44. The zero-order valence-electron chi connectivity index (χ0n) is 13.0. The fourth-order valence-corrected chi connectivity index (χ4v) is 3.15. The molecule has 0 saturated heterocycles. The Hall–Kier alpha value is -3.22. The Morgan fingerprint density at radius 1 is 1.08 bits per heavy atom. The lowest BCUT2D eigenvalue weighted by Gasteiger charge is -2.08. The van der Waals surface area contributed by atoms with E-state index in [4.69, 9.17) is 0 Å². The van der Waals surface area contributed by atoms with E-state index in [1.165, 1.54) is 18.2 Å². The number of halogens is 1. The number of fused-ring (bicyclic) bond motifs is 1. The number of carbonyl (C=O) groups is 1. The van der Waals surface area contributed by atoms with E-state index in [1.807, 2.05) is 0 Å². The highest BCUT2D eigenvalue weighted by atomic mass is 19.1. The molecular weight excluding hydrogens is 325 g/mol. The molecule has 1 aromatic heterocycles. The molecule has 0 spiro atoms. The first kappa shape index (κ1) is 15.3. The molecule has 0 radical (unpaired) electrons.